The minimum Gasteiger partial charge on any atom is -0.383 e. The Balaban J connectivity index is 1.82. The van der Waals surface area contributed by atoms with Crippen molar-refractivity contribution in [3.63, 3.8) is 0 Å². The van der Waals surface area contributed by atoms with Gasteiger partial charge in [-0.3, -0.25) is 13.6 Å². The van der Waals surface area contributed by atoms with Gasteiger partial charge in [0.25, 0.3) is 0 Å². The third-order valence-electron chi connectivity index (χ3n) is 8.35. The molecule has 10 nitrogen and oxygen atoms in total. The number of aromatic nitrogens is 2. The summed E-state index contributed by atoms with van der Waals surface area (Å²) < 4.78 is 37.7. The normalized spacial score (nSPS) is 19.3. The zero-order chi connectivity index (χ0) is 33.5. The zero-order valence-electron chi connectivity index (χ0n) is 29.2. The number of phosphoric acid groups is 1. The highest BCUT2D eigenvalue weighted by atomic mass is 32.2. The predicted octanol–water partition coefficient (Wildman–Crippen LogP) is 9.77. The molecule has 46 heavy (non-hydrogen) atoms. The maximum Gasteiger partial charge on any atom is 0.502 e. The van der Waals surface area contributed by atoms with Crippen LogP contribution < -0.4 is 11.4 Å². The van der Waals surface area contributed by atoms with E-state index in [4.69, 9.17) is 29.1 Å². The minimum absolute atomic E-state index is 0.0132. The van der Waals surface area contributed by atoms with Crippen LogP contribution in [0.5, 0.6) is 0 Å². The maximum absolute atomic E-state index is 13.6. The van der Waals surface area contributed by atoms with E-state index < -0.39 is 19.7 Å². The summed E-state index contributed by atoms with van der Waals surface area (Å²) in [6, 6.07) is 1.56. The number of anilines is 1. The number of thioether (sulfide) groups is 1. The van der Waals surface area contributed by atoms with Gasteiger partial charge in [0.05, 0.1) is 19.3 Å². The third kappa shape index (κ3) is 17.5. The van der Waals surface area contributed by atoms with Crippen molar-refractivity contribution >= 4 is 25.4 Å². The van der Waals surface area contributed by atoms with Crippen molar-refractivity contribution in [3.05, 3.63) is 22.7 Å². The molecule has 1 aromatic heterocycles. The van der Waals surface area contributed by atoms with Crippen molar-refractivity contribution in [2.45, 2.75) is 173 Å². The SMILES string of the molecule is CCCCCCCCCCCCSC(CCCCCCC)C(C)OOP(=O)(OCCC)OC[C@@H]1CC[C@H](n2ccc(N)nc2=O)O1. The Labute approximate surface area is 283 Å². The average molecular weight is 690 g/mol. The predicted molar refractivity (Wildman–Crippen MR) is 189 cm³/mol. The molecule has 2 heterocycles. The van der Waals surface area contributed by atoms with Gasteiger partial charge in [0.2, 0.25) is 0 Å². The van der Waals surface area contributed by atoms with Crippen LogP contribution in [0, 0.1) is 0 Å². The highest BCUT2D eigenvalue weighted by Gasteiger charge is 2.35. The lowest BCUT2D eigenvalue weighted by Crippen LogP contribution is -2.28. The number of ether oxygens (including phenoxy) is 1. The molecule has 1 aromatic rings. The van der Waals surface area contributed by atoms with Crippen molar-refractivity contribution in [1.29, 1.82) is 0 Å². The lowest BCUT2D eigenvalue weighted by atomic mass is 10.1. The molecule has 0 spiro atoms. The number of rotatable bonds is 29. The van der Waals surface area contributed by atoms with E-state index in [1.807, 2.05) is 25.6 Å². The van der Waals surface area contributed by atoms with Crippen molar-refractivity contribution in [3.8, 4) is 0 Å². The topological polar surface area (TPSA) is 124 Å². The number of unbranched alkanes of at least 4 members (excludes halogenated alkanes) is 13. The molecule has 0 bridgehead atoms. The van der Waals surface area contributed by atoms with Gasteiger partial charge in [-0.15, -0.1) is 4.67 Å². The molecule has 2 N–H and O–H groups in total. The Morgan fingerprint density at radius 1 is 0.935 bits per heavy atom. The van der Waals surface area contributed by atoms with E-state index in [1.54, 1.807) is 12.3 Å². The number of nitrogen functional groups attached to an aromatic ring is 1. The summed E-state index contributed by atoms with van der Waals surface area (Å²) in [5.74, 6) is 1.24. The van der Waals surface area contributed by atoms with E-state index in [2.05, 4.69) is 18.8 Å². The molecule has 5 atom stereocenters. The smallest absolute Gasteiger partial charge is 0.383 e. The van der Waals surface area contributed by atoms with Crippen LogP contribution in [0.2, 0.25) is 0 Å². The summed E-state index contributed by atoms with van der Waals surface area (Å²) in [5.41, 5.74) is 5.13. The number of nitrogens with two attached hydrogens (primary N) is 1. The van der Waals surface area contributed by atoms with Crippen LogP contribution in [-0.4, -0.2) is 46.0 Å². The van der Waals surface area contributed by atoms with Gasteiger partial charge < -0.3 is 10.5 Å². The Morgan fingerprint density at radius 3 is 2.20 bits per heavy atom. The Kier molecular flexibility index (Phi) is 22.5. The monoisotopic (exact) mass is 689 g/mol. The molecule has 12 heteroatoms. The zero-order valence-corrected chi connectivity index (χ0v) is 30.9. The molecule has 0 radical (unpaired) electrons. The highest BCUT2D eigenvalue weighted by molar-refractivity contribution is 7.99. The van der Waals surface area contributed by atoms with E-state index in [-0.39, 0.29) is 36.5 Å². The Hall–Kier alpha value is -0.940. The minimum atomic E-state index is -4.00. The molecular formula is C34H64N3O7PS. The molecule has 1 fully saturated rings. The van der Waals surface area contributed by atoms with Crippen molar-refractivity contribution in [2.75, 3.05) is 24.7 Å². The fraction of sp³-hybridized carbons (Fsp3) is 0.882. The van der Waals surface area contributed by atoms with E-state index in [1.165, 1.54) is 94.5 Å². The van der Waals surface area contributed by atoms with Crippen LogP contribution in [0.4, 0.5) is 5.82 Å². The van der Waals surface area contributed by atoms with E-state index >= 15 is 0 Å². The number of nitrogens with zero attached hydrogens (tertiary/aromatic N) is 2. The average Bonchev–Trinajstić information content (AvgIpc) is 3.52. The van der Waals surface area contributed by atoms with Gasteiger partial charge in [0.15, 0.2) is 0 Å². The van der Waals surface area contributed by atoms with Crippen LogP contribution in [0.25, 0.3) is 0 Å². The van der Waals surface area contributed by atoms with Crippen LogP contribution in [-0.2, 0) is 27.9 Å². The highest BCUT2D eigenvalue weighted by Crippen LogP contribution is 2.51. The van der Waals surface area contributed by atoms with Crippen molar-refractivity contribution in [1.82, 2.24) is 9.55 Å². The van der Waals surface area contributed by atoms with Gasteiger partial charge in [-0.2, -0.15) is 16.7 Å². The second-order valence-corrected chi connectivity index (χ2v) is 15.5. The molecule has 268 valence electrons. The Bertz CT molecular complexity index is 1020. The van der Waals surface area contributed by atoms with E-state index in [9.17, 15) is 9.36 Å². The second-order valence-electron chi connectivity index (χ2n) is 12.6. The summed E-state index contributed by atoms with van der Waals surface area (Å²) >= 11 is 1.94. The van der Waals surface area contributed by atoms with Gasteiger partial charge in [0.1, 0.15) is 18.1 Å². The van der Waals surface area contributed by atoms with Crippen LogP contribution in [0.3, 0.4) is 0 Å². The summed E-state index contributed by atoms with van der Waals surface area (Å²) in [4.78, 5) is 21.8. The van der Waals surface area contributed by atoms with Crippen LogP contribution >= 0.6 is 19.6 Å². The molecular weight excluding hydrogens is 625 g/mol. The van der Waals surface area contributed by atoms with Crippen LogP contribution in [0.15, 0.2) is 17.1 Å². The van der Waals surface area contributed by atoms with Gasteiger partial charge in [-0.1, -0.05) is 111 Å². The van der Waals surface area contributed by atoms with Gasteiger partial charge in [-0.25, -0.2) is 14.2 Å². The first kappa shape index (κ1) is 41.2. The number of phosphoric ester groups is 1. The summed E-state index contributed by atoms with van der Waals surface area (Å²) in [6.07, 6.45) is 22.6. The summed E-state index contributed by atoms with van der Waals surface area (Å²) in [5, 5.41) is 0.227. The maximum atomic E-state index is 13.6. The van der Waals surface area contributed by atoms with Gasteiger partial charge in [-0.05, 0) is 50.8 Å². The molecule has 0 aliphatic carbocycles. The van der Waals surface area contributed by atoms with Gasteiger partial charge >= 0.3 is 13.5 Å². The Morgan fingerprint density at radius 2 is 1.57 bits per heavy atom. The molecule has 1 aliphatic heterocycles. The molecule has 0 amide bonds. The fourth-order valence-corrected chi connectivity index (χ4v) is 8.01. The molecule has 3 unspecified atom stereocenters. The molecule has 0 saturated carbocycles. The summed E-state index contributed by atoms with van der Waals surface area (Å²) in [7, 11) is -4.00. The number of hydrogen-bond acceptors (Lipinski definition) is 10. The molecule has 0 aromatic carbocycles. The molecule has 1 aliphatic rings. The first-order valence-corrected chi connectivity index (χ1v) is 20.7. The first-order valence-electron chi connectivity index (χ1n) is 18.2. The molecule has 2 rings (SSSR count). The van der Waals surface area contributed by atoms with Gasteiger partial charge in [0, 0.05) is 11.4 Å². The van der Waals surface area contributed by atoms with E-state index in [0.717, 1.165) is 18.6 Å². The largest absolute Gasteiger partial charge is 0.502 e. The first-order chi connectivity index (χ1) is 22.3. The standard InChI is InChI=1S/C34H64N3O7PS/c1-5-8-10-12-13-14-15-16-18-20-27-46-31(21-19-17-11-9-6-2)29(4)43-44-45(39,40-26-7-3)41-28-30-22-23-33(42-30)37-25-24-32(35)36-34(37)38/h24-25,29-31,33H,5-23,26-28H2,1-4H3,(H2,35,36,38)/t29?,30-,31?,33+,45?/m0/s1. The van der Waals surface area contributed by atoms with E-state index in [0.29, 0.717) is 19.3 Å². The fourth-order valence-electron chi connectivity index (χ4n) is 5.53. The van der Waals surface area contributed by atoms with Crippen molar-refractivity contribution in [2.24, 2.45) is 0 Å². The summed E-state index contributed by atoms with van der Waals surface area (Å²) in [6.45, 7) is 8.60. The number of hydrogen-bond donors (Lipinski definition) is 1. The van der Waals surface area contributed by atoms with Crippen LogP contribution in [0.1, 0.15) is 156 Å². The third-order valence-corrected chi connectivity index (χ3v) is 11.2. The lowest BCUT2D eigenvalue weighted by Gasteiger charge is -2.25. The van der Waals surface area contributed by atoms with Crippen molar-refractivity contribution < 1.29 is 27.9 Å². The molecule has 1 saturated heterocycles. The quantitative estimate of drug-likeness (QED) is 0.0376. The second kappa shape index (κ2) is 25.1. The lowest BCUT2D eigenvalue weighted by molar-refractivity contribution is -0.257.